The van der Waals surface area contributed by atoms with Gasteiger partial charge in [0.05, 0.1) is 21.8 Å². The van der Waals surface area contributed by atoms with Crippen LogP contribution in [0.25, 0.3) is 11.3 Å². The van der Waals surface area contributed by atoms with E-state index in [1.165, 1.54) is 11.3 Å². The standard InChI is InChI=1S/C10H10ClN3OS/c1-12-10(15)8-3-6(5-16-8)9-7(11)4-13-14(9)2/h3-5H,1-2H3,(H,12,15). The van der Waals surface area contributed by atoms with Gasteiger partial charge in [0.25, 0.3) is 5.91 Å². The normalized spacial score (nSPS) is 10.4. The third-order valence-corrected chi connectivity index (χ3v) is 3.42. The smallest absolute Gasteiger partial charge is 0.261 e. The van der Waals surface area contributed by atoms with Gasteiger partial charge in [-0.15, -0.1) is 11.3 Å². The van der Waals surface area contributed by atoms with E-state index in [4.69, 9.17) is 11.6 Å². The maximum Gasteiger partial charge on any atom is 0.261 e. The molecule has 0 spiro atoms. The number of amides is 1. The van der Waals surface area contributed by atoms with Crippen molar-refractivity contribution in [3.05, 3.63) is 27.5 Å². The summed E-state index contributed by atoms with van der Waals surface area (Å²) in [6, 6.07) is 1.81. The van der Waals surface area contributed by atoms with Crippen LogP contribution in [0.1, 0.15) is 9.67 Å². The zero-order chi connectivity index (χ0) is 11.7. The third-order valence-electron chi connectivity index (χ3n) is 2.22. The van der Waals surface area contributed by atoms with E-state index in [-0.39, 0.29) is 5.91 Å². The molecule has 2 rings (SSSR count). The molecule has 1 N–H and O–H groups in total. The summed E-state index contributed by atoms with van der Waals surface area (Å²) in [6.45, 7) is 0. The highest BCUT2D eigenvalue weighted by Crippen LogP contribution is 2.30. The van der Waals surface area contributed by atoms with Crippen molar-refractivity contribution in [1.29, 1.82) is 0 Å². The Kier molecular flexibility index (Phi) is 2.98. The first-order chi connectivity index (χ1) is 7.63. The van der Waals surface area contributed by atoms with Crippen molar-refractivity contribution in [3.8, 4) is 11.3 Å². The van der Waals surface area contributed by atoms with Crippen molar-refractivity contribution in [1.82, 2.24) is 15.1 Å². The van der Waals surface area contributed by atoms with Gasteiger partial charge in [0.15, 0.2) is 0 Å². The van der Waals surface area contributed by atoms with Gasteiger partial charge in [-0.2, -0.15) is 5.10 Å². The third kappa shape index (κ3) is 1.83. The van der Waals surface area contributed by atoms with Crippen molar-refractivity contribution in [3.63, 3.8) is 0 Å². The molecule has 0 aliphatic rings. The van der Waals surface area contributed by atoms with Crippen LogP contribution in [-0.4, -0.2) is 22.7 Å². The second kappa shape index (κ2) is 4.27. The molecular weight excluding hydrogens is 246 g/mol. The van der Waals surface area contributed by atoms with Gasteiger partial charge in [-0.1, -0.05) is 11.6 Å². The van der Waals surface area contributed by atoms with E-state index in [0.717, 1.165) is 11.3 Å². The Morgan fingerprint density at radius 1 is 1.62 bits per heavy atom. The lowest BCUT2D eigenvalue weighted by Gasteiger charge is -1.98. The molecular formula is C10H10ClN3OS. The minimum atomic E-state index is -0.0884. The van der Waals surface area contributed by atoms with Crippen molar-refractivity contribution >= 4 is 28.8 Å². The number of rotatable bonds is 2. The van der Waals surface area contributed by atoms with Crippen LogP contribution in [0.5, 0.6) is 0 Å². The van der Waals surface area contributed by atoms with E-state index in [1.54, 1.807) is 17.9 Å². The molecule has 0 aliphatic carbocycles. The Balaban J connectivity index is 2.43. The number of hydrogen-bond acceptors (Lipinski definition) is 3. The lowest BCUT2D eigenvalue weighted by Crippen LogP contribution is -2.16. The van der Waals surface area contributed by atoms with Gasteiger partial charge in [0.2, 0.25) is 0 Å². The Bertz CT molecular complexity index is 512. The molecule has 16 heavy (non-hydrogen) atoms. The molecule has 0 bridgehead atoms. The number of aromatic nitrogens is 2. The molecule has 0 atom stereocenters. The van der Waals surface area contributed by atoms with Crippen LogP contribution in [0.15, 0.2) is 17.6 Å². The summed E-state index contributed by atoms with van der Waals surface area (Å²) in [5.41, 5.74) is 1.74. The van der Waals surface area contributed by atoms with Crippen molar-refractivity contribution in [2.75, 3.05) is 7.05 Å². The number of halogens is 1. The minimum absolute atomic E-state index is 0.0884. The Hall–Kier alpha value is -1.33. The van der Waals surface area contributed by atoms with Crippen LogP contribution in [0, 0.1) is 0 Å². The molecule has 0 aliphatic heterocycles. The number of aryl methyl sites for hydroxylation is 1. The minimum Gasteiger partial charge on any atom is -0.354 e. The highest BCUT2D eigenvalue weighted by atomic mass is 35.5. The van der Waals surface area contributed by atoms with Crippen LogP contribution in [0.4, 0.5) is 0 Å². The Labute approximate surface area is 102 Å². The maximum atomic E-state index is 11.4. The summed E-state index contributed by atoms with van der Waals surface area (Å²) < 4.78 is 1.69. The van der Waals surface area contributed by atoms with Crippen molar-refractivity contribution in [2.45, 2.75) is 0 Å². The summed E-state index contributed by atoms with van der Waals surface area (Å²) >= 11 is 7.41. The molecule has 2 aromatic rings. The molecule has 4 nitrogen and oxygen atoms in total. The summed E-state index contributed by atoms with van der Waals surface area (Å²) in [7, 11) is 3.43. The average Bonchev–Trinajstić information content (AvgIpc) is 2.85. The van der Waals surface area contributed by atoms with E-state index >= 15 is 0 Å². The van der Waals surface area contributed by atoms with E-state index < -0.39 is 0 Å². The molecule has 0 radical (unpaired) electrons. The zero-order valence-electron chi connectivity index (χ0n) is 8.82. The molecule has 0 saturated carbocycles. The Morgan fingerprint density at radius 2 is 2.38 bits per heavy atom. The molecule has 84 valence electrons. The van der Waals surface area contributed by atoms with E-state index in [2.05, 4.69) is 10.4 Å². The van der Waals surface area contributed by atoms with Crippen LogP contribution >= 0.6 is 22.9 Å². The van der Waals surface area contributed by atoms with E-state index in [9.17, 15) is 4.79 Å². The largest absolute Gasteiger partial charge is 0.354 e. The highest BCUT2D eigenvalue weighted by molar-refractivity contribution is 7.12. The van der Waals surface area contributed by atoms with E-state index in [1.807, 2.05) is 18.5 Å². The number of nitrogens with one attached hydrogen (secondary N) is 1. The van der Waals surface area contributed by atoms with Crippen LogP contribution in [0.3, 0.4) is 0 Å². The topological polar surface area (TPSA) is 46.9 Å². The van der Waals surface area contributed by atoms with E-state index in [0.29, 0.717) is 9.90 Å². The summed E-state index contributed by atoms with van der Waals surface area (Å²) in [5, 5.41) is 9.12. The van der Waals surface area contributed by atoms with Gasteiger partial charge < -0.3 is 5.32 Å². The summed E-state index contributed by atoms with van der Waals surface area (Å²) in [6.07, 6.45) is 1.59. The molecule has 0 saturated heterocycles. The quantitative estimate of drug-likeness (QED) is 0.894. The van der Waals surface area contributed by atoms with Gasteiger partial charge in [-0.25, -0.2) is 0 Å². The fourth-order valence-electron chi connectivity index (χ4n) is 1.44. The summed E-state index contributed by atoms with van der Waals surface area (Å²) in [4.78, 5) is 12.1. The molecule has 2 heterocycles. The molecule has 1 amide bonds. The van der Waals surface area contributed by atoms with Crippen LogP contribution in [0.2, 0.25) is 5.02 Å². The monoisotopic (exact) mass is 255 g/mol. The first-order valence-corrected chi connectivity index (χ1v) is 5.87. The number of nitrogens with zero attached hydrogens (tertiary/aromatic N) is 2. The van der Waals surface area contributed by atoms with Crippen LogP contribution < -0.4 is 5.32 Å². The molecule has 0 aromatic carbocycles. The molecule has 6 heteroatoms. The van der Waals surface area contributed by atoms with Crippen molar-refractivity contribution in [2.24, 2.45) is 7.05 Å². The zero-order valence-corrected chi connectivity index (χ0v) is 10.4. The summed E-state index contributed by atoms with van der Waals surface area (Å²) in [5.74, 6) is -0.0884. The highest BCUT2D eigenvalue weighted by Gasteiger charge is 2.13. The second-order valence-electron chi connectivity index (χ2n) is 3.24. The fraction of sp³-hybridized carbons (Fsp3) is 0.200. The van der Waals surface area contributed by atoms with Gasteiger partial charge >= 0.3 is 0 Å². The SMILES string of the molecule is CNC(=O)c1cc(-c2c(Cl)cnn2C)cs1. The first-order valence-electron chi connectivity index (χ1n) is 4.62. The fourth-order valence-corrected chi connectivity index (χ4v) is 2.55. The van der Waals surface area contributed by atoms with Gasteiger partial charge in [0, 0.05) is 25.0 Å². The van der Waals surface area contributed by atoms with Crippen LogP contribution in [-0.2, 0) is 7.05 Å². The Morgan fingerprint density at radius 3 is 2.94 bits per heavy atom. The maximum absolute atomic E-state index is 11.4. The number of hydrogen-bond donors (Lipinski definition) is 1. The molecule has 0 fully saturated rings. The predicted molar refractivity (Wildman–Crippen MR) is 64.9 cm³/mol. The van der Waals surface area contributed by atoms with Gasteiger partial charge in [0.1, 0.15) is 0 Å². The second-order valence-corrected chi connectivity index (χ2v) is 4.56. The average molecular weight is 256 g/mol. The lowest BCUT2D eigenvalue weighted by molar-refractivity contribution is 0.0967. The molecule has 0 unspecified atom stereocenters. The van der Waals surface area contributed by atoms with Gasteiger partial charge in [-0.3, -0.25) is 9.48 Å². The number of thiophene rings is 1. The van der Waals surface area contributed by atoms with Crippen molar-refractivity contribution < 1.29 is 4.79 Å². The van der Waals surface area contributed by atoms with Gasteiger partial charge in [-0.05, 0) is 6.07 Å². The molecule has 2 aromatic heterocycles. The number of carbonyl (C=O) groups excluding carboxylic acids is 1. The first kappa shape index (κ1) is 11.2. The number of carbonyl (C=O) groups is 1. The predicted octanol–water partition coefficient (Wildman–Crippen LogP) is 2.16. The lowest BCUT2D eigenvalue weighted by atomic mass is 10.2.